The van der Waals surface area contributed by atoms with Gasteiger partial charge in [0, 0.05) is 11.4 Å². The van der Waals surface area contributed by atoms with E-state index >= 15 is 0 Å². The number of aliphatic hydroxyl groups is 1. The number of hydrogen-bond donors (Lipinski definition) is 1. The fourth-order valence-corrected chi connectivity index (χ4v) is 2.25. The first-order valence-corrected chi connectivity index (χ1v) is 6.67. The first-order chi connectivity index (χ1) is 9.06. The Labute approximate surface area is 121 Å². The molecule has 4 heteroatoms. The molecule has 0 saturated heterocycles. The lowest BCUT2D eigenvalue weighted by Gasteiger charge is -2.12. The molecule has 0 bridgehead atoms. The van der Waals surface area contributed by atoms with E-state index in [0.29, 0.717) is 23.4 Å². The lowest BCUT2D eigenvalue weighted by molar-refractivity contribution is 0.175. The molecule has 0 amide bonds. The summed E-state index contributed by atoms with van der Waals surface area (Å²) in [5.74, 6) is -0.460. The van der Waals surface area contributed by atoms with Crippen LogP contribution in [0.3, 0.4) is 0 Å². The van der Waals surface area contributed by atoms with Crippen LogP contribution < -0.4 is 0 Å². The van der Waals surface area contributed by atoms with Crippen LogP contribution in [0.2, 0.25) is 10.0 Å². The molecule has 0 aromatic heterocycles. The molecule has 1 nitrogen and oxygen atoms in total. The number of hydrogen-bond acceptors (Lipinski definition) is 1. The Morgan fingerprint density at radius 3 is 2.37 bits per heavy atom. The van der Waals surface area contributed by atoms with E-state index in [4.69, 9.17) is 23.2 Å². The third-order valence-corrected chi connectivity index (χ3v) is 3.55. The van der Waals surface area contributed by atoms with Gasteiger partial charge >= 0.3 is 0 Å². The molecule has 1 N–H and O–H groups in total. The molecule has 1 unspecified atom stereocenters. The predicted octanol–water partition coefficient (Wildman–Crippen LogP) is 4.28. The Morgan fingerprint density at radius 2 is 1.68 bits per heavy atom. The molecule has 2 rings (SSSR count). The van der Waals surface area contributed by atoms with Crippen molar-refractivity contribution in [3.63, 3.8) is 0 Å². The van der Waals surface area contributed by atoms with Gasteiger partial charge in [-0.05, 0) is 35.7 Å². The van der Waals surface area contributed by atoms with Crippen LogP contribution >= 0.6 is 23.2 Å². The summed E-state index contributed by atoms with van der Waals surface area (Å²) in [4.78, 5) is 0. The van der Waals surface area contributed by atoms with Crippen molar-refractivity contribution >= 4 is 23.2 Å². The molecule has 0 aliphatic heterocycles. The van der Waals surface area contributed by atoms with Gasteiger partial charge in [0.2, 0.25) is 0 Å². The summed E-state index contributed by atoms with van der Waals surface area (Å²) in [6.07, 6.45) is 0.184. The average molecular weight is 299 g/mol. The van der Waals surface area contributed by atoms with Gasteiger partial charge in [-0.3, -0.25) is 0 Å². The summed E-state index contributed by atoms with van der Waals surface area (Å²) in [6, 6.07) is 11.9. The molecule has 0 aliphatic carbocycles. The van der Waals surface area contributed by atoms with Crippen LogP contribution in [0.15, 0.2) is 42.5 Å². The fourth-order valence-electron chi connectivity index (χ4n) is 1.92. The van der Waals surface area contributed by atoms with Crippen molar-refractivity contribution in [3.05, 3.63) is 69.5 Å². The molecule has 2 aromatic carbocycles. The first-order valence-electron chi connectivity index (χ1n) is 5.91. The standard InChI is InChI=1S/C15H13Cl2FO/c16-12-6-4-10(5-7-12)8-13(19)9-11-2-1-3-14(18)15(11)17/h1-7,13,19H,8-9H2. The Balaban J connectivity index is 2.03. The monoisotopic (exact) mass is 298 g/mol. The summed E-state index contributed by atoms with van der Waals surface area (Å²) in [5, 5.41) is 10.8. The van der Waals surface area contributed by atoms with Gasteiger partial charge in [0.15, 0.2) is 0 Å². The summed E-state index contributed by atoms with van der Waals surface area (Å²) in [6.45, 7) is 0. The minimum atomic E-state index is -0.611. The maximum absolute atomic E-state index is 13.3. The smallest absolute Gasteiger partial charge is 0.142 e. The molecule has 0 spiro atoms. The van der Waals surface area contributed by atoms with Crippen LogP contribution in [-0.2, 0) is 12.8 Å². The topological polar surface area (TPSA) is 20.2 Å². The molecule has 0 aliphatic rings. The van der Waals surface area contributed by atoms with Crippen molar-refractivity contribution in [3.8, 4) is 0 Å². The molecule has 0 radical (unpaired) electrons. The number of benzene rings is 2. The Hall–Kier alpha value is -1.09. The zero-order valence-corrected chi connectivity index (χ0v) is 11.6. The highest BCUT2D eigenvalue weighted by atomic mass is 35.5. The van der Waals surface area contributed by atoms with Crippen molar-refractivity contribution < 1.29 is 9.50 Å². The maximum Gasteiger partial charge on any atom is 0.142 e. The zero-order valence-electron chi connectivity index (χ0n) is 10.1. The summed E-state index contributed by atoms with van der Waals surface area (Å²) >= 11 is 11.7. The van der Waals surface area contributed by atoms with E-state index in [1.807, 2.05) is 12.1 Å². The van der Waals surface area contributed by atoms with Crippen LogP contribution in [-0.4, -0.2) is 11.2 Å². The van der Waals surface area contributed by atoms with E-state index < -0.39 is 11.9 Å². The third kappa shape index (κ3) is 3.93. The molecule has 100 valence electrons. The minimum absolute atomic E-state index is 0.0812. The van der Waals surface area contributed by atoms with Crippen molar-refractivity contribution in [2.75, 3.05) is 0 Å². The summed E-state index contributed by atoms with van der Waals surface area (Å²) in [7, 11) is 0. The van der Waals surface area contributed by atoms with Crippen LogP contribution in [0, 0.1) is 5.82 Å². The van der Waals surface area contributed by atoms with E-state index in [0.717, 1.165) is 5.56 Å². The summed E-state index contributed by atoms with van der Waals surface area (Å²) < 4.78 is 13.3. The van der Waals surface area contributed by atoms with E-state index in [2.05, 4.69) is 0 Å². The highest BCUT2D eigenvalue weighted by Crippen LogP contribution is 2.22. The number of rotatable bonds is 4. The largest absolute Gasteiger partial charge is 0.392 e. The molecule has 0 fully saturated rings. The van der Waals surface area contributed by atoms with Crippen LogP contribution in [0.5, 0.6) is 0 Å². The maximum atomic E-state index is 13.3. The second-order valence-corrected chi connectivity index (χ2v) is 5.22. The van der Waals surface area contributed by atoms with Gasteiger partial charge < -0.3 is 5.11 Å². The zero-order chi connectivity index (χ0) is 13.8. The average Bonchev–Trinajstić information content (AvgIpc) is 2.38. The highest BCUT2D eigenvalue weighted by molar-refractivity contribution is 6.31. The lowest BCUT2D eigenvalue weighted by atomic mass is 10.0. The van der Waals surface area contributed by atoms with Crippen molar-refractivity contribution in [2.45, 2.75) is 18.9 Å². The lowest BCUT2D eigenvalue weighted by Crippen LogP contribution is -2.14. The van der Waals surface area contributed by atoms with Crippen LogP contribution in [0.1, 0.15) is 11.1 Å². The summed E-state index contributed by atoms with van der Waals surface area (Å²) in [5.41, 5.74) is 1.59. The van der Waals surface area contributed by atoms with Crippen molar-refractivity contribution in [1.82, 2.24) is 0 Å². The normalized spacial score (nSPS) is 12.4. The molecule has 0 saturated carbocycles. The first kappa shape index (κ1) is 14.3. The van der Waals surface area contributed by atoms with Gasteiger partial charge in [-0.1, -0.05) is 47.5 Å². The fraction of sp³-hybridized carbons (Fsp3) is 0.200. The Kier molecular flexibility index (Phi) is 4.81. The van der Waals surface area contributed by atoms with Crippen molar-refractivity contribution in [2.24, 2.45) is 0 Å². The molecule has 0 heterocycles. The van der Waals surface area contributed by atoms with Gasteiger partial charge in [-0.15, -0.1) is 0 Å². The molecule has 19 heavy (non-hydrogen) atoms. The quantitative estimate of drug-likeness (QED) is 0.893. The molecular weight excluding hydrogens is 286 g/mol. The predicted molar refractivity (Wildman–Crippen MR) is 76.3 cm³/mol. The number of halogens is 3. The van der Waals surface area contributed by atoms with Crippen LogP contribution in [0.25, 0.3) is 0 Å². The number of aliphatic hydroxyl groups excluding tert-OH is 1. The van der Waals surface area contributed by atoms with Crippen molar-refractivity contribution in [1.29, 1.82) is 0 Å². The van der Waals surface area contributed by atoms with Gasteiger partial charge in [0.25, 0.3) is 0 Å². The molecular formula is C15H13Cl2FO. The third-order valence-electron chi connectivity index (χ3n) is 2.87. The Bertz CT molecular complexity index is 555. The van der Waals surface area contributed by atoms with Gasteiger partial charge in [0.1, 0.15) is 5.82 Å². The van der Waals surface area contributed by atoms with Crippen LogP contribution in [0.4, 0.5) is 4.39 Å². The molecule has 2 aromatic rings. The molecule has 1 atom stereocenters. The van der Waals surface area contributed by atoms with E-state index in [1.165, 1.54) is 6.07 Å². The van der Waals surface area contributed by atoms with Gasteiger partial charge in [0.05, 0.1) is 11.1 Å². The van der Waals surface area contributed by atoms with E-state index in [9.17, 15) is 9.50 Å². The Morgan fingerprint density at radius 1 is 1.00 bits per heavy atom. The van der Waals surface area contributed by atoms with Gasteiger partial charge in [-0.2, -0.15) is 0 Å². The van der Waals surface area contributed by atoms with E-state index in [-0.39, 0.29) is 5.02 Å². The minimum Gasteiger partial charge on any atom is -0.392 e. The second-order valence-electron chi connectivity index (χ2n) is 4.40. The second kappa shape index (κ2) is 6.38. The highest BCUT2D eigenvalue weighted by Gasteiger charge is 2.11. The SMILES string of the molecule is OC(Cc1ccc(Cl)cc1)Cc1cccc(F)c1Cl. The van der Waals surface area contributed by atoms with E-state index in [1.54, 1.807) is 24.3 Å². The van der Waals surface area contributed by atoms with Gasteiger partial charge in [-0.25, -0.2) is 4.39 Å².